The third-order valence-electron chi connectivity index (χ3n) is 20.6. The molecule has 6 unspecified atom stereocenters. The summed E-state index contributed by atoms with van der Waals surface area (Å²) in [6.45, 7) is -29.7. The first-order chi connectivity index (χ1) is 77.4. The molecular weight excluding hydrogens is 1430 g/mol. The van der Waals surface area contributed by atoms with Crippen LogP contribution in [-0.2, 0) is 0 Å². The topological polar surface area (TPSA) is 262 Å². The molecule has 114 heavy (non-hydrogen) atoms. The van der Waals surface area contributed by atoms with Crippen molar-refractivity contribution in [2.75, 3.05) is 123 Å². The van der Waals surface area contributed by atoms with E-state index in [0.29, 0.717) is 88.5 Å². The SMILES string of the molecule is [2H]c1c([2H])c(C(C2(O)CCCCC2)C([2H])([2H])N(C)C([2H])([2H])[2H])c([2H])c([2H])c1O.[2H]c1c([2H])c(C(C2(O)CCCCC2)C([2H])([2H])N(C)C)c([2H])c([2H])c1O.[2H]c1c([2H])c(C(CN(C([2H])([2H])[2H])C([2H])([2H])[2H])C2(O)CCCCC2)c([2H])c([2H])c1O.[2H]c1c([2H])c(C(CN(C)C([2H])([2H])[2H])C2(O)CCCCC2)c([2H])c([2H])c1O.[2H]c1c([2H])c(C(CN(C)C)C2(O)CCCCC2)c([2H])c([2H])c1O.[2H]c1cc(C([2H])(C([2H])([2H])N(C([2H])([2H])[2H])C([2H])([2H])[2H])C2(O)C([2H])([2H])C([2H])([2H])C([2H])([2H])C([2H])([2H])C2([2H])[2H])c([2H])c([2H])c1O. The van der Waals surface area contributed by atoms with Crippen LogP contribution in [0.5, 0.6) is 34.5 Å². The molecule has 6 atom stereocenters. The summed E-state index contributed by atoms with van der Waals surface area (Å²) >= 11 is 0. The number of aromatic hydroxyl groups is 6. The third kappa shape index (κ3) is 29.6. The fourth-order valence-electron chi connectivity index (χ4n) is 15.0. The molecule has 0 amide bonds. The van der Waals surface area contributed by atoms with Gasteiger partial charge in [0.15, 0.2) is 0 Å². The highest BCUT2D eigenvalue weighted by molar-refractivity contribution is 5.36. The third-order valence-corrected chi connectivity index (χ3v) is 20.6. The van der Waals surface area contributed by atoms with Gasteiger partial charge in [0.25, 0.3) is 0 Å². The predicted octanol–water partition coefficient (Wildman–Crippen LogP) is 16.4. The van der Waals surface area contributed by atoms with Crippen LogP contribution in [-0.4, -0.2) is 248 Å². The Morgan fingerprint density at radius 1 is 0.289 bits per heavy atom. The molecule has 6 aromatic rings. The number of nitrogens with zero attached hydrogens (tertiary/aromatic N) is 6. The van der Waals surface area contributed by atoms with Gasteiger partial charge in [-0.15, -0.1) is 0 Å². The largest absolute Gasteiger partial charge is 0.508 e. The average Bonchev–Trinajstić information content (AvgIpc) is 0.635. The second kappa shape index (κ2) is 45.5. The van der Waals surface area contributed by atoms with Crippen LogP contribution in [0.1, 0.15) is 341 Å². The molecule has 0 heterocycles. The lowest BCUT2D eigenvalue weighted by Crippen LogP contribution is -2.42. The van der Waals surface area contributed by atoms with E-state index in [9.17, 15) is 62.6 Å². The summed E-state index contributed by atoms with van der Waals surface area (Å²) in [7, 11) is 9.14. The van der Waals surface area contributed by atoms with E-state index in [2.05, 4.69) is 0 Å². The van der Waals surface area contributed by atoms with Crippen molar-refractivity contribution in [3.8, 4) is 34.5 Å². The van der Waals surface area contributed by atoms with Gasteiger partial charge in [-0.2, -0.15) is 0 Å². The monoisotopic (exact) mass is 1640 g/mol. The van der Waals surface area contributed by atoms with Gasteiger partial charge in [-0.1, -0.05) is 188 Å². The Balaban J connectivity index is 0.000000279. The first kappa shape index (κ1) is 41.6. The molecule has 0 saturated heterocycles. The van der Waals surface area contributed by atoms with Crippen molar-refractivity contribution in [2.24, 2.45) is 0 Å². The molecule has 0 radical (unpaired) electrons. The van der Waals surface area contributed by atoms with E-state index in [0.717, 1.165) is 69.7 Å². The summed E-state index contributed by atoms with van der Waals surface area (Å²) in [5.41, 5.74) is -14.7. The molecule has 12 rings (SSSR count). The van der Waals surface area contributed by atoms with E-state index in [1.165, 1.54) is 26.0 Å². The summed E-state index contributed by atoms with van der Waals surface area (Å²) in [5.74, 6) is -15.6. The van der Waals surface area contributed by atoms with Crippen LogP contribution in [0.3, 0.4) is 0 Å². The Hall–Kier alpha value is -6.36. The lowest BCUT2D eigenvalue weighted by atomic mass is 9.72. The molecule has 6 saturated carbocycles. The van der Waals surface area contributed by atoms with Gasteiger partial charge in [0.05, 0.1) is 65.1 Å². The summed E-state index contributed by atoms with van der Waals surface area (Å²) in [6, 6.07) is -15.5. The summed E-state index contributed by atoms with van der Waals surface area (Å²) < 4.78 is 464. The van der Waals surface area contributed by atoms with Crippen LogP contribution < -0.4 is 0 Å². The van der Waals surface area contributed by atoms with E-state index in [1.54, 1.807) is 0 Å². The maximum Gasteiger partial charge on any atom is 0.115 e. The lowest BCUT2D eigenvalue weighted by molar-refractivity contribution is -0.0280. The smallest absolute Gasteiger partial charge is 0.115 e. The number of aliphatic hydroxyl groups is 6. The minimum absolute atomic E-state index is 0.0432. The van der Waals surface area contributed by atoms with Gasteiger partial charge in [0.1, 0.15) is 34.5 Å². The van der Waals surface area contributed by atoms with Crippen molar-refractivity contribution in [3.05, 3.63) is 178 Å². The number of benzene rings is 6. The highest BCUT2D eigenvalue weighted by Gasteiger charge is 2.45. The standard InChI is InChI=1S/6C16H25NO2/c6*1-17(2)12-15(13-6-8-14(18)9-7-13)16(19)10-4-3-5-11-16/h6*6-9,15,18-19H,3-5,10-12H2,1-2H3/i1D3,2D3,3D2,4D2,5D2,6D,8D,9D,10D2,11D2,12D2,15D;1D3,6D,7D,8D,9D,12D2;1D3,2D3,6D,7D,8D,9D;6D,7D,8D,9D,12D2;1D3,6D,7D,8D,9D;6D,7D,8D,9D. The highest BCUT2D eigenvalue weighted by atomic mass is 16.3. The normalized spacial score (nSPS) is 31.3. The number of phenols is 6. The van der Waals surface area contributed by atoms with Crippen molar-refractivity contribution >= 4 is 0 Å². The van der Waals surface area contributed by atoms with Crippen molar-refractivity contribution in [1.82, 2.24) is 29.4 Å². The zero-order chi connectivity index (χ0) is 134. The van der Waals surface area contributed by atoms with Crippen molar-refractivity contribution < 1.29 is 141 Å². The number of phenolic OH excluding ortho intramolecular Hbond substituents is 6. The molecule has 6 aliphatic carbocycles. The Morgan fingerprint density at radius 2 is 0.535 bits per heavy atom. The van der Waals surface area contributed by atoms with Gasteiger partial charge in [0, 0.05) is 123 Å². The molecule has 12 N–H and O–H groups in total. The van der Waals surface area contributed by atoms with Gasteiger partial charge in [-0.25, -0.2) is 0 Å². The Labute approximate surface area is 767 Å². The second-order valence-corrected chi connectivity index (χ2v) is 30.1. The average molecular weight is 1640 g/mol. The zero-order valence-electron chi connectivity index (χ0n) is 123. The van der Waals surface area contributed by atoms with Gasteiger partial charge in [0.2, 0.25) is 0 Å². The highest BCUT2D eigenvalue weighted by Crippen LogP contribution is 2.47. The molecule has 0 aromatic heterocycles. The van der Waals surface area contributed by atoms with E-state index >= 15 is 0 Å². The van der Waals surface area contributed by atoms with Crippen LogP contribution in [0.25, 0.3) is 0 Å². The number of rotatable bonds is 24. The zero-order valence-corrected chi connectivity index (χ0v) is 65.3. The molecule has 6 fully saturated rings. The van der Waals surface area contributed by atoms with Crippen LogP contribution in [0.2, 0.25) is 0 Å². The number of likely N-dealkylation sites (N-methyl/N-ethyl adjacent to an activating group) is 6. The minimum atomic E-state index is -5.02. The lowest BCUT2D eigenvalue weighted by Gasteiger charge is -2.40. The molecular formula is C96H150N6O12. The van der Waals surface area contributed by atoms with Gasteiger partial charge in [-0.3, -0.25) is 0 Å². The second-order valence-electron chi connectivity index (χ2n) is 30.1. The fraction of sp³-hybridized carbons (Fsp3) is 0.625. The van der Waals surface area contributed by atoms with Crippen LogP contribution in [0.4, 0.5) is 0 Å². The van der Waals surface area contributed by atoms with Crippen LogP contribution >= 0.6 is 0 Å². The van der Waals surface area contributed by atoms with E-state index in [4.69, 9.17) is 78.1 Å². The maximum atomic E-state index is 12.0. The fourth-order valence-corrected chi connectivity index (χ4v) is 15.0. The molecule has 0 aliphatic heterocycles. The van der Waals surface area contributed by atoms with E-state index < -0.39 is 346 Å². The molecule has 6 aliphatic rings. The van der Waals surface area contributed by atoms with Crippen molar-refractivity contribution in [1.29, 1.82) is 0 Å². The first-order valence-corrected chi connectivity index (χ1v) is 37.9. The van der Waals surface area contributed by atoms with Gasteiger partial charge < -0.3 is 90.7 Å². The van der Waals surface area contributed by atoms with Crippen molar-refractivity contribution in [2.45, 2.75) is 261 Å². The van der Waals surface area contributed by atoms with E-state index in [1.807, 2.05) is 19.0 Å². The molecule has 0 spiro atoms. The first-order valence-electron chi connectivity index (χ1n) is 66.9. The van der Waals surface area contributed by atoms with Crippen LogP contribution in [0.15, 0.2) is 145 Å². The quantitative estimate of drug-likeness (QED) is 0.0269. The molecule has 18 heteroatoms. The Morgan fingerprint density at radius 3 is 0.816 bits per heavy atom. The summed E-state index contributed by atoms with van der Waals surface area (Å²) in [5, 5.41) is 127. The number of hydrogen-bond donors (Lipinski definition) is 12. The molecule has 636 valence electrons. The molecule has 18 nitrogen and oxygen atoms in total. The van der Waals surface area contributed by atoms with Crippen molar-refractivity contribution in [3.63, 3.8) is 0 Å². The van der Waals surface area contributed by atoms with Gasteiger partial charge in [-0.05, 0) is 267 Å². The predicted molar refractivity (Wildman–Crippen MR) is 465 cm³/mol. The molecule has 0 bridgehead atoms. The van der Waals surface area contributed by atoms with Crippen LogP contribution in [0, 0.1) is 0 Å². The number of hydrogen-bond acceptors (Lipinski definition) is 18. The maximum absolute atomic E-state index is 12.0. The Kier molecular flexibility index (Phi) is 16.6. The van der Waals surface area contributed by atoms with Gasteiger partial charge >= 0.3 is 0 Å². The van der Waals surface area contributed by atoms with E-state index in [-0.39, 0.29) is 77.5 Å². The summed E-state index contributed by atoms with van der Waals surface area (Å²) in [6.07, 6.45) is -7.62. The Bertz CT molecular complexity index is 6410. The molecule has 6 aromatic carbocycles. The minimum Gasteiger partial charge on any atom is -0.508 e. The summed E-state index contributed by atoms with van der Waals surface area (Å²) in [4.78, 5) is 3.88.